The fourth-order valence-corrected chi connectivity index (χ4v) is 3.91. The zero-order valence-corrected chi connectivity index (χ0v) is 18.8. The quantitative estimate of drug-likeness (QED) is 0.418. The van der Waals surface area contributed by atoms with Crippen LogP contribution in [0.3, 0.4) is 0 Å². The van der Waals surface area contributed by atoms with Gasteiger partial charge in [0.05, 0.1) is 25.9 Å². The number of aryl methyl sites for hydroxylation is 1. The molecule has 0 spiro atoms. The maximum Gasteiger partial charge on any atom is 0.178 e. The minimum atomic E-state index is -0.164. The summed E-state index contributed by atoms with van der Waals surface area (Å²) in [6.45, 7) is 2.71. The fourth-order valence-electron chi connectivity index (χ4n) is 3.91. The standard InChI is InChI=1S/C25H27N5O2/c1-18-10-8-9-13-23(18)30-25(26-27-28-30)24(20-11-6-5-7-12-20)29(2)17-19-14-21(31-3)16-22(15-19)32-4/h5-16,24H,17H2,1-4H3/t24-/m1/s1. The Hall–Kier alpha value is -3.71. The lowest BCUT2D eigenvalue weighted by molar-refractivity contribution is 0.257. The summed E-state index contributed by atoms with van der Waals surface area (Å²) in [4.78, 5) is 2.23. The van der Waals surface area contributed by atoms with Gasteiger partial charge in [0.2, 0.25) is 0 Å². The summed E-state index contributed by atoms with van der Waals surface area (Å²) in [6, 6.07) is 24.1. The van der Waals surface area contributed by atoms with Crippen LogP contribution in [0.5, 0.6) is 11.5 Å². The number of ether oxygens (including phenoxy) is 2. The Morgan fingerprint density at radius 3 is 2.22 bits per heavy atom. The predicted octanol–water partition coefficient (Wildman–Crippen LogP) is 4.21. The molecule has 0 aliphatic rings. The number of para-hydroxylation sites is 1. The molecule has 0 aliphatic carbocycles. The summed E-state index contributed by atoms with van der Waals surface area (Å²) in [7, 11) is 5.39. The van der Waals surface area contributed by atoms with E-state index in [0.717, 1.165) is 39.7 Å². The number of nitrogens with zero attached hydrogens (tertiary/aromatic N) is 5. The highest BCUT2D eigenvalue weighted by molar-refractivity contribution is 5.41. The van der Waals surface area contributed by atoms with Crippen LogP contribution in [0, 0.1) is 6.92 Å². The lowest BCUT2D eigenvalue weighted by atomic mass is 10.0. The van der Waals surface area contributed by atoms with Gasteiger partial charge in [0, 0.05) is 12.6 Å². The van der Waals surface area contributed by atoms with Gasteiger partial charge in [-0.2, -0.15) is 4.68 Å². The zero-order valence-electron chi connectivity index (χ0n) is 18.8. The Labute approximate surface area is 188 Å². The average Bonchev–Trinajstić information content (AvgIpc) is 3.28. The van der Waals surface area contributed by atoms with Crippen molar-refractivity contribution in [1.29, 1.82) is 0 Å². The van der Waals surface area contributed by atoms with E-state index in [2.05, 4.69) is 52.6 Å². The van der Waals surface area contributed by atoms with Crippen LogP contribution in [-0.2, 0) is 6.54 Å². The first kappa shape index (κ1) is 21.5. The Morgan fingerprint density at radius 2 is 1.56 bits per heavy atom. The van der Waals surface area contributed by atoms with Crippen molar-refractivity contribution in [3.8, 4) is 17.2 Å². The molecule has 32 heavy (non-hydrogen) atoms. The molecule has 1 atom stereocenters. The molecule has 7 heteroatoms. The predicted molar refractivity (Wildman–Crippen MR) is 123 cm³/mol. The fraction of sp³-hybridized carbons (Fsp3) is 0.240. The van der Waals surface area contributed by atoms with Gasteiger partial charge in [-0.3, -0.25) is 4.90 Å². The summed E-state index contributed by atoms with van der Waals surface area (Å²) in [5, 5.41) is 12.8. The van der Waals surface area contributed by atoms with Crippen LogP contribution < -0.4 is 9.47 Å². The second-order valence-corrected chi connectivity index (χ2v) is 7.68. The molecular weight excluding hydrogens is 402 g/mol. The van der Waals surface area contributed by atoms with Gasteiger partial charge >= 0.3 is 0 Å². The van der Waals surface area contributed by atoms with Gasteiger partial charge in [0.25, 0.3) is 0 Å². The van der Waals surface area contributed by atoms with E-state index in [1.807, 2.05) is 59.3 Å². The molecule has 0 N–H and O–H groups in total. The van der Waals surface area contributed by atoms with Crippen LogP contribution in [0.1, 0.15) is 28.6 Å². The summed E-state index contributed by atoms with van der Waals surface area (Å²) >= 11 is 0. The monoisotopic (exact) mass is 429 g/mol. The van der Waals surface area contributed by atoms with E-state index in [1.54, 1.807) is 14.2 Å². The molecule has 0 fully saturated rings. The lowest BCUT2D eigenvalue weighted by Crippen LogP contribution is -2.28. The van der Waals surface area contributed by atoms with Gasteiger partial charge in [0.15, 0.2) is 5.82 Å². The molecule has 0 unspecified atom stereocenters. The van der Waals surface area contributed by atoms with Crippen LogP contribution >= 0.6 is 0 Å². The number of hydrogen-bond donors (Lipinski definition) is 0. The van der Waals surface area contributed by atoms with Crippen molar-refractivity contribution in [1.82, 2.24) is 25.1 Å². The van der Waals surface area contributed by atoms with Crippen molar-refractivity contribution in [3.63, 3.8) is 0 Å². The van der Waals surface area contributed by atoms with Gasteiger partial charge in [0.1, 0.15) is 11.5 Å². The van der Waals surface area contributed by atoms with Crippen LogP contribution in [0.25, 0.3) is 5.69 Å². The normalized spacial score (nSPS) is 12.0. The number of tetrazole rings is 1. The van der Waals surface area contributed by atoms with Gasteiger partial charge < -0.3 is 9.47 Å². The van der Waals surface area contributed by atoms with Crippen molar-refractivity contribution in [2.45, 2.75) is 19.5 Å². The number of methoxy groups -OCH3 is 2. The van der Waals surface area contributed by atoms with Crippen LogP contribution in [0.4, 0.5) is 0 Å². The van der Waals surface area contributed by atoms with Crippen molar-refractivity contribution >= 4 is 0 Å². The van der Waals surface area contributed by atoms with E-state index < -0.39 is 0 Å². The average molecular weight is 430 g/mol. The van der Waals surface area contributed by atoms with E-state index in [9.17, 15) is 0 Å². The molecular formula is C25H27N5O2. The lowest BCUT2D eigenvalue weighted by Gasteiger charge is -2.28. The SMILES string of the molecule is COc1cc(CN(C)[C@H](c2ccccc2)c2nnnn2-c2ccccc2C)cc(OC)c1. The molecule has 1 heterocycles. The van der Waals surface area contributed by atoms with Crippen molar-refractivity contribution in [2.75, 3.05) is 21.3 Å². The molecule has 7 nitrogen and oxygen atoms in total. The number of hydrogen-bond acceptors (Lipinski definition) is 6. The highest BCUT2D eigenvalue weighted by Crippen LogP contribution is 2.31. The minimum Gasteiger partial charge on any atom is -0.497 e. The smallest absolute Gasteiger partial charge is 0.178 e. The summed E-state index contributed by atoms with van der Waals surface area (Å²) in [5.41, 5.74) is 4.24. The Kier molecular flexibility index (Phi) is 6.47. The third-order valence-electron chi connectivity index (χ3n) is 5.48. The molecule has 3 aromatic carbocycles. The van der Waals surface area contributed by atoms with Crippen molar-refractivity contribution in [3.05, 3.63) is 95.3 Å². The second-order valence-electron chi connectivity index (χ2n) is 7.68. The molecule has 0 amide bonds. The van der Waals surface area contributed by atoms with Crippen LogP contribution in [0.2, 0.25) is 0 Å². The maximum absolute atomic E-state index is 5.45. The molecule has 0 bridgehead atoms. The van der Waals surface area contributed by atoms with E-state index in [1.165, 1.54) is 0 Å². The number of rotatable bonds is 8. The van der Waals surface area contributed by atoms with Gasteiger partial charge in [-0.15, -0.1) is 5.10 Å². The van der Waals surface area contributed by atoms with Gasteiger partial charge in [-0.05, 0) is 59.3 Å². The van der Waals surface area contributed by atoms with Crippen LogP contribution in [-0.4, -0.2) is 46.4 Å². The number of benzene rings is 3. The molecule has 0 radical (unpaired) electrons. The van der Waals surface area contributed by atoms with Crippen molar-refractivity contribution < 1.29 is 9.47 Å². The molecule has 1 aromatic heterocycles. The Balaban J connectivity index is 1.76. The Morgan fingerprint density at radius 1 is 0.906 bits per heavy atom. The minimum absolute atomic E-state index is 0.164. The maximum atomic E-state index is 5.45. The number of aromatic nitrogens is 4. The van der Waals surface area contributed by atoms with E-state index in [4.69, 9.17) is 9.47 Å². The van der Waals surface area contributed by atoms with Gasteiger partial charge in [-0.1, -0.05) is 48.5 Å². The Bertz CT molecular complexity index is 1150. The largest absolute Gasteiger partial charge is 0.497 e. The summed E-state index contributed by atoms with van der Waals surface area (Å²) < 4.78 is 12.7. The first-order chi connectivity index (χ1) is 15.6. The molecule has 0 saturated carbocycles. The highest BCUT2D eigenvalue weighted by atomic mass is 16.5. The summed E-state index contributed by atoms with van der Waals surface area (Å²) in [5.74, 6) is 2.27. The van der Waals surface area contributed by atoms with E-state index in [0.29, 0.717) is 6.54 Å². The third-order valence-corrected chi connectivity index (χ3v) is 5.48. The van der Waals surface area contributed by atoms with Gasteiger partial charge in [-0.25, -0.2) is 0 Å². The van der Waals surface area contributed by atoms with E-state index >= 15 is 0 Å². The first-order valence-electron chi connectivity index (χ1n) is 10.4. The highest BCUT2D eigenvalue weighted by Gasteiger charge is 2.27. The molecule has 0 aliphatic heterocycles. The second kappa shape index (κ2) is 9.62. The molecule has 164 valence electrons. The molecule has 4 aromatic rings. The first-order valence-corrected chi connectivity index (χ1v) is 10.4. The third kappa shape index (κ3) is 4.48. The molecule has 0 saturated heterocycles. The molecule has 4 rings (SSSR count). The topological polar surface area (TPSA) is 65.3 Å². The zero-order chi connectivity index (χ0) is 22.5. The van der Waals surface area contributed by atoms with Crippen LogP contribution in [0.15, 0.2) is 72.8 Å². The van der Waals surface area contributed by atoms with Crippen molar-refractivity contribution in [2.24, 2.45) is 0 Å². The summed E-state index contributed by atoms with van der Waals surface area (Å²) in [6.07, 6.45) is 0. The van der Waals surface area contributed by atoms with E-state index in [-0.39, 0.29) is 6.04 Å².